The molecular formula is C21H21NO5S. The molecule has 6 nitrogen and oxygen atoms in total. The van der Waals surface area contributed by atoms with Gasteiger partial charge in [-0.1, -0.05) is 24.3 Å². The SMILES string of the molecule is COC(=O)[C@@H]1Cc2ccccc2CN1C(=O)COC(=O)c1cc2c(s1)CCC2. The van der Waals surface area contributed by atoms with Crippen molar-refractivity contribution in [2.75, 3.05) is 13.7 Å². The number of aryl methyl sites for hydroxylation is 2. The molecule has 0 bridgehead atoms. The van der Waals surface area contributed by atoms with Crippen LogP contribution in [0.4, 0.5) is 0 Å². The Balaban J connectivity index is 1.44. The van der Waals surface area contributed by atoms with Crippen LogP contribution in [0.5, 0.6) is 0 Å². The third-order valence-electron chi connectivity index (χ3n) is 5.32. The molecule has 0 fully saturated rings. The Morgan fingerprint density at radius 2 is 1.93 bits per heavy atom. The molecule has 0 spiro atoms. The van der Waals surface area contributed by atoms with Crippen molar-refractivity contribution >= 4 is 29.2 Å². The molecule has 2 aromatic rings. The Hall–Kier alpha value is -2.67. The van der Waals surface area contributed by atoms with E-state index in [1.165, 1.54) is 33.8 Å². The number of methoxy groups -OCH3 is 1. The van der Waals surface area contributed by atoms with Gasteiger partial charge in [0, 0.05) is 17.8 Å². The minimum Gasteiger partial charge on any atom is -0.467 e. The summed E-state index contributed by atoms with van der Waals surface area (Å²) in [5.74, 6) is -1.36. The van der Waals surface area contributed by atoms with Crippen LogP contribution in [0.2, 0.25) is 0 Å². The van der Waals surface area contributed by atoms with Gasteiger partial charge in [0.15, 0.2) is 6.61 Å². The van der Waals surface area contributed by atoms with Gasteiger partial charge in [0.25, 0.3) is 5.91 Å². The molecular weight excluding hydrogens is 378 g/mol. The van der Waals surface area contributed by atoms with Crippen molar-refractivity contribution in [2.24, 2.45) is 0 Å². The van der Waals surface area contributed by atoms with Crippen LogP contribution in [0.3, 0.4) is 0 Å². The lowest BCUT2D eigenvalue weighted by Gasteiger charge is -2.35. The summed E-state index contributed by atoms with van der Waals surface area (Å²) in [6, 6.07) is 8.84. The van der Waals surface area contributed by atoms with E-state index in [0.29, 0.717) is 17.8 Å². The van der Waals surface area contributed by atoms with E-state index in [0.717, 1.165) is 30.4 Å². The van der Waals surface area contributed by atoms with E-state index in [1.54, 1.807) is 0 Å². The fraction of sp³-hybridized carbons (Fsp3) is 0.381. The lowest BCUT2D eigenvalue weighted by Crippen LogP contribution is -2.50. The highest BCUT2D eigenvalue weighted by atomic mass is 32.1. The van der Waals surface area contributed by atoms with Gasteiger partial charge in [-0.05, 0) is 42.0 Å². The van der Waals surface area contributed by atoms with Crippen LogP contribution in [-0.2, 0) is 44.9 Å². The zero-order valence-electron chi connectivity index (χ0n) is 15.6. The number of amides is 1. The molecule has 0 unspecified atom stereocenters. The molecule has 1 aliphatic carbocycles. The van der Waals surface area contributed by atoms with E-state index >= 15 is 0 Å². The van der Waals surface area contributed by atoms with Gasteiger partial charge in [0.2, 0.25) is 0 Å². The summed E-state index contributed by atoms with van der Waals surface area (Å²) in [5, 5.41) is 0. The zero-order valence-corrected chi connectivity index (χ0v) is 16.4. The van der Waals surface area contributed by atoms with Crippen molar-refractivity contribution in [3.05, 3.63) is 56.8 Å². The summed E-state index contributed by atoms with van der Waals surface area (Å²) < 4.78 is 10.1. The fourth-order valence-corrected chi connectivity index (χ4v) is 4.99. The van der Waals surface area contributed by atoms with Crippen molar-refractivity contribution < 1.29 is 23.9 Å². The molecule has 4 rings (SSSR count). The number of thiophene rings is 1. The first kappa shape index (κ1) is 18.7. The Morgan fingerprint density at radius 3 is 2.68 bits per heavy atom. The van der Waals surface area contributed by atoms with E-state index in [9.17, 15) is 14.4 Å². The number of carbonyl (C=O) groups is 3. The highest BCUT2D eigenvalue weighted by molar-refractivity contribution is 7.14. The van der Waals surface area contributed by atoms with E-state index in [2.05, 4.69) is 0 Å². The van der Waals surface area contributed by atoms with Crippen LogP contribution < -0.4 is 0 Å². The largest absolute Gasteiger partial charge is 0.467 e. The summed E-state index contributed by atoms with van der Waals surface area (Å²) >= 11 is 1.44. The minimum atomic E-state index is -0.711. The Labute approximate surface area is 167 Å². The third kappa shape index (κ3) is 3.54. The van der Waals surface area contributed by atoms with Gasteiger partial charge < -0.3 is 14.4 Å². The van der Waals surface area contributed by atoms with Gasteiger partial charge in [-0.2, -0.15) is 0 Å². The first-order valence-electron chi connectivity index (χ1n) is 9.29. The molecule has 1 aromatic carbocycles. The van der Waals surface area contributed by atoms with Gasteiger partial charge in [0.05, 0.1) is 7.11 Å². The second-order valence-corrected chi connectivity index (χ2v) is 8.16. The number of carbonyl (C=O) groups excluding carboxylic acids is 3. The number of nitrogens with zero attached hydrogens (tertiary/aromatic N) is 1. The number of esters is 2. The fourth-order valence-electron chi connectivity index (χ4n) is 3.84. The zero-order chi connectivity index (χ0) is 19.7. The molecule has 1 atom stereocenters. The second-order valence-electron chi connectivity index (χ2n) is 7.02. The summed E-state index contributed by atoms with van der Waals surface area (Å²) in [4.78, 5) is 40.5. The van der Waals surface area contributed by atoms with E-state index < -0.39 is 30.5 Å². The van der Waals surface area contributed by atoms with Crippen LogP contribution >= 0.6 is 11.3 Å². The number of ether oxygens (including phenoxy) is 2. The van der Waals surface area contributed by atoms with E-state index in [1.807, 2.05) is 30.3 Å². The molecule has 0 N–H and O–H groups in total. The predicted octanol–water partition coefficient (Wildman–Crippen LogP) is 2.52. The predicted molar refractivity (Wildman–Crippen MR) is 103 cm³/mol. The molecule has 2 heterocycles. The maximum atomic E-state index is 12.8. The molecule has 2 aliphatic rings. The van der Waals surface area contributed by atoms with Crippen molar-refractivity contribution in [3.8, 4) is 0 Å². The molecule has 146 valence electrons. The highest BCUT2D eigenvalue weighted by Gasteiger charge is 2.35. The molecule has 1 amide bonds. The summed E-state index contributed by atoms with van der Waals surface area (Å²) in [5.41, 5.74) is 3.21. The molecule has 0 radical (unpaired) electrons. The minimum absolute atomic E-state index is 0.291. The molecule has 28 heavy (non-hydrogen) atoms. The average molecular weight is 399 g/mol. The summed E-state index contributed by atoms with van der Waals surface area (Å²) in [6.45, 7) is -0.101. The quantitative estimate of drug-likeness (QED) is 0.739. The Kier molecular flexibility index (Phi) is 5.17. The second kappa shape index (κ2) is 7.75. The van der Waals surface area contributed by atoms with Crippen molar-refractivity contribution in [3.63, 3.8) is 0 Å². The number of fused-ring (bicyclic) bond motifs is 2. The first-order chi connectivity index (χ1) is 13.6. The van der Waals surface area contributed by atoms with Crippen LogP contribution in [0.15, 0.2) is 30.3 Å². The Morgan fingerprint density at radius 1 is 1.14 bits per heavy atom. The van der Waals surface area contributed by atoms with Crippen molar-refractivity contribution in [1.82, 2.24) is 4.90 Å². The standard InChI is InChI=1S/C21H21NO5S/c1-26-20(24)16-9-13-5-2-3-6-15(13)11-22(16)19(23)12-27-21(25)18-10-14-7-4-8-17(14)28-18/h2-3,5-6,10,16H,4,7-9,11-12H2,1H3/t16-/m0/s1. The van der Waals surface area contributed by atoms with Gasteiger partial charge in [-0.3, -0.25) is 4.79 Å². The normalized spacial score (nSPS) is 17.6. The smallest absolute Gasteiger partial charge is 0.348 e. The summed E-state index contributed by atoms with van der Waals surface area (Å²) in [6.07, 6.45) is 3.51. The Bertz CT molecular complexity index is 913. The van der Waals surface area contributed by atoms with E-state index in [4.69, 9.17) is 9.47 Å². The number of hydrogen-bond acceptors (Lipinski definition) is 6. The first-order valence-corrected chi connectivity index (χ1v) is 10.1. The van der Waals surface area contributed by atoms with Crippen molar-refractivity contribution in [2.45, 2.75) is 38.3 Å². The monoisotopic (exact) mass is 399 g/mol. The van der Waals surface area contributed by atoms with Gasteiger partial charge in [0.1, 0.15) is 10.9 Å². The van der Waals surface area contributed by atoms with Gasteiger partial charge in [-0.15, -0.1) is 11.3 Å². The molecule has 0 saturated carbocycles. The van der Waals surface area contributed by atoms with Gasteiger partial charge >= 0.3 is 11.9 Å². The van der Waals surface area contributed by atoms with Gasteiger partial charge in [-0.25, -0.2) is 9.59 Å². The highest BCUT2D eigenvalue weighted by Crippen LogP contribution is 2.31. The molecule has 7 heteroatoms. The molecule has 1 aliphatic heterocycles. The number of rotatable bonds is 4. The van der Waals surface area contributed by atoms with Crippen LogP contribution in [0.25, 0.3) is 0 Å². The topological polar surface area (TPSA) is 72.9 Å². The van der Waals surface area contributed by atoms with E-state index in [-0.39, 0.29) is 0 Å². The third-order valence-corrected chi connectivity index (χ3v) is 6.53. The number of hydrogen-bond donors (Lipinski definition) is 0. The summed E-state index contributed by atoms with van der Waals surface area (Å²) in [7, 11) is 1.31. The maximum Gasteiger partial charge on any atom is 0.348 e. The molecule has 0 saturated heterocycles. The maximum absolute atomic E-state index is 12.8. The molecule has 1 aromatic heterocycles. The lowest BCUT2D eigenvalue weighted by molar-refractivity contribution is -0.155. The van der Waals surface area contributed by atoms with Crippen LogP contribution in [0, 0.1) is 0 Å². The average Bonchev–Trinajstić information content (AvgIpc) is 3.32. The van der Waals surface area contributed by atoms with Crippen LogP contribution in [0.1, 0.15) is 37.7 Å². The van der Waals surface area contributed by atoms with Crippen LogP contribution in [-0.4, -0.2) is 42.5 Å². The van der Waals surface area contributed by atoms with Crippen molar-refractivity contribution in [1.29, 1.82) is 0 Å². The lowest BCUT2D eigenvalue weighted by atomic mass is 9.94. The number of benzene rings is 1.